The van der Waals surface area contributed by atoms with Gasteiger partial charge in [-0.1, -0.05) is 6.92 Å². The molecule has 4 aromatic rings. The van der Waals surface area contributed by atoms with Crippen molar-refractivity contribution in [2.45, 2.75) is 20.3 Å². The van der Waals surface area contributed by atoms with Crippen LogP contribution in [0.2, 0.25) is 0 Å². The fourth-order valence-corrected chi connectivity index (χ4v) is 4.80. The molecule has 0 saturated carbocycles. The van der Waals surface area contributed by atoms with E-state index in [9.17, 15) is 18.4 Å². The molecule has 2 heterocycles. The standard InChI is InChI=1S/C32H38F2N6O5/c1-6-21-18-22(8-9-23(21)32(42)36-13-16-44-17-15-40(3,4)20-27(41)45-7-2)38-30-31-37-19-25(39(31)14-12-35-30)24-10-11-26(43-5)29(34)28(24)33/h8-12,14,18-19H,6-7,13,15-17,20H2,1-5H3,(H-,35,36,38,42)/p+1. The highest BCUT2D eigenvalue weighted by Gasteiger charge is 2.21. The topological polar surface area (TPSA) is 116 Å². The first-order valence-electron chi connectivity index (χ1n) is 14.7. The van der Waals surface area contributed by atoms with Gasteiger partial charge in [0, 0.05) is 35.8 Å². The van der Waals surface area contributed by atoms with Crippen molar-refractivity contribution in [3.8, 4) is 17.0 Å². The molecular weight excluding hydrogens is 586 g/mol. The Morgan fingerprint density at radius 1 is 1.04 bits per heavy atom. The van der Waals surface area contributed by atoms with Crippen LogP contribution in [-0.2, 0) is 20.7 Å². The van der Waals surface area contributed by atoms with Crippen LogP contribution < -0.4 is 15.4 Å². The van der Waals surface area contributed by atoms with Crippen LogP contribution in [0.4, 0.5) is 20.3 Å². The quantitative estimate of drug-likeness (QED) is 0.114. The average Bonchev–Trinajstić information content (AvgIpc) is 3.44. The first-order chi connectivity index (χ1) is 21.6. The van der Waals surface area contributed by atoms with Crippen LogP contribution in [0.15, 0.2) is 48.9 Å². The Labute approximate surface area is 260 Å². The number of rotatable bonds is 15. The van der Waals surface area contributed by atoms with E-state index in [4.69, 9.17) is 14.2 Å². The van der Waals surface area contributed by atoms with Crippen molar-refractivity contribution >= 4 is 29.0 Å². The molecule has 45 heavy (non-hydrogen) atoms. The molecule has 0 bridgehead atoms. The Bertz CT molecular complexity index is 1660. The lowest BCUT2D eigenvalue weighted by Crippen LogP contribution is -2.46. The number of nitrogens with one attached hydrogen (secondary N) is 2. The molecule has 0 aliphatic carbocycles. The molecule has 13 heteroatoms. The lowest BCUT2D eigenvalue weighted by atomic mass is 10.0. The number of anilines is 2. The van der Waals surface area contributed by atoms with Crippen LogP contribution in [0.3, 0.4) is 0 Å². The summed E-state index contributed by atoms with van der Waals surface area (Å²) in [4.78, 5) is 33.5. The number of fused-ring (bicyclic) bond motifs is 1. The van der Waals surface area contributed by atoms with Crippen LogP contribution in [0.25, 0.3) is 16.9 Å². The zero-order valence-corrected chi connectivity index (χ0v) is 26.2. The number of hydrogen-bond acceptors (Lipinski definition) is 8. The number of carbonyl (C=O) groups excluding carboxylic acids is 2. The number of ether oxygens (including phenoxy) is 3. The van der Waals surface area contributed by atoms with Crippen molar-refractivity contribution < 1.29 is 37.1 Å². The van der Waals surface area contributed by atoms with E-state index in [0.717, 1.165) is 5.56 Å². The molecule has 1 amide bonds. The molecule has 4 rings (SSSR count). The molecule has 2 aromatic heterocycles. The second kappa shape index (κ2) is 14.9. The maximum Gasteiger partial charge on any atom is 0.361 e. The van der Waals surface area contributed by atoms with Crippen LogP contribution in [0.1, 0.15) is 29.8 Å². The van der Waals surface area contributed by atoms with Crippen molar-refractivity contribution in [1.82, 2.24) is 19.7 Å². The highest BCUT2D eigenvalue weighted by Crippen LogP contribution is 2.31. The van der Waals surface area contributed by atoms with E-state index in [2.05, 4.69) is 20.6 Å². The van der Waals surface area contributed by atoms with E-state index in [1.165, 1.54) is 31.6 Å². The third-order valence-electron chi connectivity index (χ3n) is 7.20. The smallest absolute Gasteiger partial charge is 0.361 e. The number of amides is 1. The molecule has 0 unspecified atom stereocenters. The maximum absolute atomic E-state index is 14.8. The number of methoxy groups -OCH3 is 1. The Morgan fingerprint density at radius 3 is 2.58 bits per heavy atom. The van der Waals surface area contributed by atoms with Gasteiger partial charge in [0.15, 0.2) is 29.6 Å². The monoisotopic (exact) mass is 625 g/mol. The van der Waals surface area contributed by atoms with Gasteiger partial charge < -0.3 is 29.3 Å². The van der Waals surface area contributed by atoms with Gasteiger partial charge in [0.05, 0.1) is 52.9 Å². The molecule has 240 valence electrons. The molecule has 2 N–H and O–H groups in total. The number of likely N-dealkylation sites (N-methyl/N-ethyl adjacent to an activating group) is 1. The van der Waals surface area contributed by atoms with Crippen LogP contribution in [0.5, 0.6) is 5.75 Å². The molecule has 0 fully saturated rings. The predicted molar refractivity (Wildman–Crippen MR) is 166 cm³/mol. The highest BCUT2D eigenvalue weighted by atomic mass is 19.2. The van der Waals surface area contributed by atoms with Gasteiger partial charge in [0.2, 0.25) is 5.82 Å². The molecule has 0 radical (unpaired) electrons. The Hall–Kier alpha value is -4.62. The fraction of sp³-hybridized carbons (Fsp3) is 0.375. The first kappa shape index (κ1) is 33.3. The lowest BCUT2D eigenvalue weighted by molar-refractivity contribution is -0.883. The van der Waals surface area contributed by atoms with Crippen LogP contribution in [0, 0.1) is 11.6 Å². The molecule has 0 saturated heterocycles. The zero-order valence-electron chi connectivity index (χ0n) is 26.2. The van der Waals surface area contributed by atoms with E-state index in [0.29, 0.717) is 72.2 Å². The van der Waals surface area contributed by atoms with Crippen molar-refractivity contribution in [2.75, 3.05) is 66.0 Å². The first-order valence-corrected chi connectivity index (χ1v) is 14.7. The van der Waals surface area contributed by atoms with E-state index in [1.54, 1.807) is 29.7 Å². The zero-order chi connectivity index (χ0) is 32.6. The Morgan fingerprint density at radius 2 is 1.84 bits per heavy atom. The van der Waals surface area contributed by atoms with E-state index in [1.807, 2.05) is 27.1 Å². The Kier molecular flexibility index (Phi) is 11.0. The number of halogens is 2. The van der Waals surface area contributed by atoms with Gasteiger partial charge in [-0.3, -0.25) is 9.20 Å². The largest absolute Gasteiger partial charge is 0.494 e. The normalized spacial score (nSPS) is 11.4. The number of esters is 1. The molecule has 0 aliphatic rings. The number of aryl methyl sites for hydroxylation is 1. The van der Waals surface area contributed by atoms with Crippen LogP contribution >= 0.6 is 0 Å². The summed E-state index contributed by atoms with van der Waals surface area (Å²) >= 11 is 0. The number of aromatic nitrogens is 3. The summed E-state index contributed by atoms with van der Waals surface area (Å²) in [5.41, 5.74) is 2.83. The van der Waals surface area contributed by atoms with E-state index < -0.39 is 11.6 Å². The van der Waals surface area contributed by atoms with Gasteiger partial charge in [0.1, 0.15) is 6.54 Å². The molecular formula is C32H39F2N6O5+. The predicted octanol–water partition coefficient (Wildman–Crippen LogP) is 4.38. The number of hydrogen-bond donors (Lipinski definition) is 2. The number of benzene rings is 2. The summed E-state index contributed by atoms with van der Waals surface area (Å²) < 4.78 is 46.8. The van der Waals surface area contributed by atoms with E-state index in [-0.39, 0.29) is 29.7 Å². The third-order valence-corrected chi connectivity index (χ3v) is 7.20. The second-order valence-corrected chi connectivity index (χ2v) is 10.9. The second-order valence-electron chi connectivity index (χ2n) is 10.9. The number of imidazole rings is 1. The lowest BCUT2D eigenvalue weighted by Gasteiger charge is -2.28. The molecule has 2 aromatic carbocycles. The maximum atomic E-state index is 14.8. The summed E-state index contributed by atoms with van der Waals surface area (Å²) in [5.74, 6) is -2.36. The molecule has 0 spiro atoms. The van der Waals surface area contributed by atoms with Crippen molar-refractivity contribution in [1.29, 1.82) is 0 Å². The van der Waals surface area contributed by atoms with Gasteiger partial charge >= 0.3 is 5.97 Å². The number of quaternary nitrogens is 1. The van der Waals surface area contributed by atoms with Gasteiger partial charge in [-0.2, -0.15) is 4.39 Å². The SMILES string of the molecule is CCOC(=O)C[N+](C)(C)CCOCCNC(=O)c1ccc(Nc2nccn3c(-c4ccc(OC)c(F)c4F)cnc23)cc1CC. The van der Waals surface area contributed by atoms with Crippen molar-refractivity contribution in [2.24, 2.45) is 0 Å². The molecule has 11 nitrogen and oxygen atoms in total. The van der Waals surface area contributed by atoms with Crippen LogP contribution in [-0.4, -0.2) is 91.4 Å². The molecule has 0 atom stereocenters. The number of nitrogens with zero attached hydrogens (tertiary/aromatic N) is 4. The summed E-state index contributed by atoms with van der Waals surface area (Å²) in [7, 11) is 5.14. The van der Waals surface area contributed by atoms with Gasteiger partial charge in [-0.15, -0.1) is 0 Å². The summed E-state index contributed by atoms with van der Waals surface area (Å²) in [6, 6.07) is 8.16. The summed E-state index contributed by atoms with van der Waals surface area (Å²) in [5, 5.41) is 6.12. The number of carbonyl (C=O) groups is 2. The minimum Gasteiger partial charge on any atom is -0.494 e. The summed E-state index contributed by atoms with van der Waals surface area (Å²) in [6.45, 7) is 6.08. The average molecular weight is 626 g/mol. The van der Waals surface area contributed by atoms with Crippen molar-refractivity contribution in [3.05, 3.63) is 71.7 Å². The fourth-order valence-electron chi connectivity index (χ4n) is 4.80. The minimum absolute atomic E-state index is 0.0315. The van der Waals surface area contributed by atoms with Gasteiger partial charge in [-0.05, 0) is 49.2 Å². The van der Waals surface area contributed by atoms with E-state index >= 15 is 0 Å². The van der Waals surface area contributed by atoms with Gasteiger partial charge in [-0.25, -0.2) is 19.2 Å². The van der Waals surface area contributed by atoms with Gasteiger partial charge in [0.25, 0.3) is 5.91 Å². The molecule has 0 aliphatic heterocycles. The summed E-state index contributed by atoms with van der Waals surface area (Å²) in [6.07, 6.45) is 5.20. The Balaban J connectivity index is 1.37. The highest BCUT2D eigenvalue weighted by molar-refractivity contribution is 5.96. The minimum atomic E-state index is -1.08. The third kappa shape index (κ3) is 8.11. The van der Waals surface area contributed by atoms with Crippen molar-refractivity contribution in [3.63, 3.8) is 0 Å².